The third-order valence-electron chi connectivity index (χ3n) is 4.37. The zero-order chi connectivity index (χ0) is 22.7. The minimum atomic E-state index is -1.08. The van der Waals surface area contributed by atoms with Crippen LogP contribution in [-0.2, 0) is 4.79 Å². The van der Waals surface area contributed by atoms with Gasteiger partial charge in [-0.2, -0.15) is 0 Å². The molecule has 0 aliphatic heterocycles. The number of hydrogen-bond donors (Lipinski definition) is 1. The third kappa shape index (κ3) is 4.65. The standard InChI is InChI=1S/C22H14F4N4OS/c23-13-5-8-15(9-6-13)30-21(16-3-1-2-4-17(16)24)28-29-22(30)32-12-20(31)27-14-7-10-18(25)19(26)11-14/h1-11H,12H2,(H,27,31). The number of nitrogens with zero attached hydrogens (tertiary/aromatic N) is 3. The van der Waals surface area contributed by atoms with Gasteiger partial charge in [0.05, 0.1) is 11.3 Å². The number of benzene rings is 3. The third-order valence-corrected chi connectivity index (χ3v) is 5.30. The van der Waals surface area contributed by atoms with Gasteiger partial charge in [-0.1, -0.05) is 23.9 Å². The lowest BCUT2D eigenvalue weighted by molar-refractivity contribution is -0.113. The summed E-state index contributed by atoms with van der Waals surface area (Å²) in [4.78, 5) is 12.3. The zero-order valence-electron chi connectivity index (χ0n) is 16.2. The molecule has 3 aromatic carbocycles. The highest BCUT2D eigenvalue weighted by molar-refractivity contribution is 7.99. The van der Waals surface area contributed by atoms with Crippen LogP contribution in [0.2, 0.25) is 0 Å². The Morgan fingerprint density at radius 3 is 2.34 bits per heavy atom. The van der Waals surface area contributed by atoms with Gasteiger partial charge in [-0.15, -0.1) is 10.2 Å². The minimum Gasteiger partial charge on any atom is -0.325 e. The molecule has 1 heterocycles. The van der Waals surface area contributed by atoms with Crippen molar-refractivity contribution in [3.8, 4) is 17.1 Å². The van der Waals surface area contributed by atoms with Crippen molar-refractivity contribution >= 4 is 23.4 Å². The van der Waals surface area contributed by atoms with E-state index in [1.165, 1.54) is 53.1 Å². The Balaban J connectivity index is 1.61. The summed E-state index contributed by atoms with van der Waals surface area (Å²) in [6.45, 7) is 0. The summed E-state index contributed by atoms with van der Waals surface area (Å²) < 4.78 is 55.7. The Hall–Kier alpha value is -3.66. The average molecular weight is 458 g/mol. The second-order valence-corrected chi connectivity index (χ2v) is 7.51. The summed E-state index contributed by atoms with van der Waals surface area (Å²) in [7, 11) is 0. The first-order valence-corrected chi connectivity index (χ1v) is 10.2. The molecule has 0 bridgehead atoms. The van der Waals surface area contributed by atoms with Gasteiger partial charge in [0.2, 0.25) is 5.91 Å². The first-order valence-electron chi connectivity index (χ1n) is 9.26. The molecule has 32 heavy (non-hydrogen) atoms. The van der Waals surface area contributed by atoms with Gasteiger partial charge in [0.25, 0.3) is 0 Å². The van der Waals surface area contributed by atoms with Crippen molar-refractivity contribution in [1.82, 2.24) is 14.8 Å². The number of nitrogens with one attached hydrogen (secondary N) is 1. The van der Waals surface area contributed by atoms with Gasteiger partial charge in [-0.3, -0.25) is 9.36 Å². The van der Waals surface area contributed by atoms with E-state index in [1.807, 2.05) is 0 Å². The number of rotatable bonds is 6. The highest BCUT2D eigenvalue weighted by Crippen LogP contribution is 2.29. The second-order valence-electron chi connectivity index (χ2n) is 6.56. The van der Waals surface area contributed by atoms with Crippen LogP contribution >= 0.6 is 11.8 Å². The number of hydrogen-bond acceptors (Lipinski definition) is 4. The number of anilines is 1. The monoisotopic (exact) mass is 458 g/mol. The number of aromatic nitrogens is 3. The van der Waals surface area contributed by atoms with Crippen molar-refractivity contribution in [3.05, 3.63) is 90.0 Å². The Labute approximate surface area is 184 Å². The average Bonchev–Trinajstić information content (AvgIpc) is 3.19. The predicted octanol–water partition coefficient (Wildman–Crippen LogP) is 5.22. The topological polar surface area (TPSA) is 59.8 Å². The van der Waals surface area contributed by atoms with Crippen molar-refractivity contribution in [2.45, 2.75) is 5.16 Å². The fourth-order valence-corrected chi connectivity index (χ4v) is 3.66. The van der Waals surface area contributed by atoms with Crippen LogP contribution in [0.25, 0.3) is 17.1 Å². The molecule has 4 aromatic rings. The second kappa shape index (κ2) is 9.23. The smallest absolute Gasteiger partial charge is 0.234 e. The minimum absolute atomic E-state index is 0.0987. The zero-order valence-corrected chi connectivity index (χ0v) is 17.0. The van der Waals surface area contributed by atoms with E-state index >= 15 is 0 Å². The van der Waals surface area contributed by atoms with Gasteiger partial charge < -0.3 is 5.32 Å². The molecular formula is C22H14F4N4OS. The highest BCUT2D eigenvalue weighted by atomic mass is 32.2. The van der Waals surface area contributed by atoms with Gasteiger partial charge in [0, 0.05) is 17.4 Å². The van der Waals surface area contributed by atoms with Crippen LogP contribution in [0.5, 0.6) is 0 Å². The lowest BCUT2D eigenvalue weighted by Gasteiger charge is -2.11. The Kier molecular flexibility index (Phi) is 6.22. The van der Waals surface area contributed by atoms with Crippen LogP contribution in [-0.4, -0.2) is 26.4 Å². The van der Waals surface area contributed by atoms with E-state index in [9.17, 15) is 22.4 Å². The largest absolute Gasteiger partial charge is 0.325 e. The number of halogens is 4. The van der Waals surface area contributed by atoms with Crippen molar-refractivity contribution in [3.63, 3.8) is 0 Å². The predicted molar refractivity (Wildman–Crippen MR) is 112 cm³/mol. The number of carbonyl (C=O) groups excluding carboxylic acids is 1. The highest BCUT2D eigenvalue weighted by Gasteiger charge is 2.19. The van der Waals surface area contributed by atoms with Gasteiger partial charge in [0.15, 0.2) is 22.6 Å². The molecule has 10 heteroatoms. The summed E-state index contributed by atoms with van der Waals surface area (Å²) in [6.07, 6.45) is 0. The van der Waals surface area contributed by atoms with Crippen LogP contribution in [0.15, 0.2) is 71.9 Å². The van der Waals surface area contributed by atoms with Crippen molar-refractivity contribution in [2.24, 2.45) is 0 Å². The van der Waals surface area contributed by atoms with Crippen molar-refractivity contribution in [1.29, 1.82) is 0 Å². The SMILES string of the molecule is O=C(CSc1nnc(-c2ccccc2F)n1-c1ccc(F)cc1)Nc1ccc(F)c(F)c1. The van der Waals surface area contributed by atoms with E-state index in [2.05, 4.69) is 15.5 Å². The maximum absolute atomic E-state index is 14.4. The molecule has 0 radical (unpaired) electrons. The molecule has 0 saturated carbocycles. The number of thioether (sulfide) groups is 1. The van der Waals surface area contributed by atoms with Gasteiger partial charge in [0.1, 0.15) is 11.6 Å². The summed E-state index contributed by atoms with van der Waals surface area (Å²) in [5.41, 5.74) is 0.752. The Morgan fingerprint density at radius 1 is 0.875 bits per heavy atom. The summed E-state index contributed by atoms with van der Waals surface area (Å²) in [6, 6.07) is 14.4. The fraction of sp³-hybridized carbons (Fsp3) is 0.0455. The Bertz CT molecular complexity index is 1280. The van der Waals surface area contributed by atoms with Gasteiger partial charge in [-0.25, -0.2) is 17.6 Å². The normalized spacial score (nSPS) is 10.9. The molecule has 0 atom stereocenters. The van der Waals surface area contributed by atoms with Crippen LogP contribution in [0.4, 0.5) is 23.2 Å². The molecule has 4 rings (SSSR count). The van der Waals surface area contributed by atoms with Crippen LogP contribution < -0.4 is 5.32 Å². The van der Waals surface area contributed by atoms with Gasteiger partial charge >= 0.3 is 0 Å². The van der Waals surface area contributed by atoms with Gasteiger partial charge in [-0.05, 0) is 48.5 Å². The Morgan fingerprint density at radius 2 is 1.62 bits per heavy atom. The molecule has 0 spiro atoms. The molecule has 1 amide bonds. The molecule has 0 aliphatic carbocycles. The van der Waals surface area contributed by atoms with Crippen LogP contribution in [0, 0.1) is 23.3 Å². The molecule has 162 valence electrons. The van der Waals surface area contributed by atoms with Crippen molar-refractivity contribution in [2.75, 3.05) is 11.1 Å². The molecule has 1 aromatic heterocycles. The quantitative estimate of drug-likeness (QED) is 0.318. The maximum atomic E-state index is 14.4. The van der Waals surface area contributed by atoms with E-state index in [1.54, 1.807) is 6.07 Å². The molecule has 0 aliphatic rings. The summed E-state index contributed by atoms with van der Waals surface area (Å²) in [5, 5.41) is 10.8. The molecule has 5 nitrogen and oxygen atoms in total. The molecule has 0 unspecified atom stereocenters. The fourth-order valence-electron chi connectivity index (χ4n) is 2.90. The molecule has 0 saturated heterocycles. The van der Waals surface area contributed by atoms with E-state index in [0.29, 0.717) is 5.69 Å². The van der Waals surface area contributed by atoms with E-state index in [-0.39, 0.29) is 28.0 Å². The summed E-state index contributed by atoms with van der Waals surface area (Å²) >= 11 is 0.995. The first-order chi connectivity index (χ1) is 15.4. The van der Waals surface area contributed by atoms with Crippen molar-refractivity contribution < 1.29 is 22.4 Å². The maximum Gasteiger partial charge on any atom is 0.234 e. The lowest BCUT2D eigenvalue weighted by atomic mass is 10.2. The number of carbonyl (C=O) groups is 1. The van der Waals surface area contributed by atoms with E-state index < -0.39 is 29.2 Å². The first kappa shape index (κ1) is 21.6. The lowest BCUT2D eigenvalue weighted by Crippen LogP contribution is -2.15. The van der Waals surface area contributed by atoms with E-state index in [4.69, 9.17) is 0 Å². The molecule has 1 N–H and O–H groups in total. The number of amides is 1. The van der Waals surface area contributed by atoms with E-state index in [0.717, 1.165) is 23.9 Å². The van der Waals surface area contributed by atoms with Crippen LogP contribution in [0.1, 0.15) is 0 Å². The molecular weight excluding hydrogens is 444 g/mol. The molecule has 0 fully saturated rings. The van der Waals surface area contributed by atoms with Crippen LogP contribution in [0.3, 0.4) is 0 Å². The summed E-state index contributed by atoms with van der Waals surface area (Å²) in [5.74, 6) is -3.53.